The van der Waals surface area contributed by atoms with Crippen molar-refractivity contribution < 1.29 is 13.2 Å². The maximum absolute atomic E-state index is 12.1. The van der Waals surface area contributed by atoms with Crippen LogP contribution in [0.5, 0.6) is 0 Å². The van der Waals surface area contributed by atoms with Gasteiger partial charge in [0, 0.05) is 23.3 Å². The second kappa shape index (κ2) is 5.77. The molecule has 20 heavy (non-hydrogen) atoms. The second-order valence-electron chi connectivity index (χ2n) is 4.53. The molecule has 0 aromatic heterocycles. The van der Waals surface area contributed by atoms with Crippen LogP contribution in [0.15, 0.2) is 53.4 Å². The molecule has 2 aromatic carbocycles. The summed E-state index contributed by atoms with van der Waals surface area (Å²) in [6.45, 7) is 0. The first-order valence-electron chi connectivity index (χ1n) is 5.94. The van der Waals surface area contributed by atoms with Crippen molar-refractivity contribution >= 4 is 27.2 Å². The molecule has 104 valence electrons. The standard InChI is InChI=1S/C15H13ClO3S/c1-20(18,19)14-7-5-12(6-8-14)15(17)10-11-3-2-4-13(16)9-11/h2-9H,10H2,1H3. The van der Waals surface area contributed by atoms with Crippen LogP contribution in [0.3, 0.4) is 0 Å². The molecule has 0 saturated carbocycles. The predicted octanol–water partition coefficient (Wildman–Crippen LogP) is 3.17. The smallest absolute Gasteiger partial charge is 0.175 e. The van der Waals surface area contributed by atoms with Crippen molar-refractivity contribution in [1.29, 1.82) is 0 Å². The quantitative estimate of drug-likeness (QED) is 0.815. The van der Waals surface area contributed by atoms with Crippen molar-refractivity contribution in [3.8, 4) is 0 Å². The number of rotatable bonds is 4. The normalized spacial score (nSPS) is 11.3. The number of carbonyl (C=O) groups excluding carboxylic acids is 1. The van der Waals surface area contributed by atoms with Crippen LogP contribution >= 0.6 is 11.6 Å². The maximum atomic E-state index is 12.1. The second-order valence-corrected chi connectivity index (χ2v) is 6.98. The van der Waals surface area contributed by atoms with E-state index in [-0.39, 0.29) is 17.1 Å². The van der Waals surface area contributed by atoms with Crippen molar-refractivity contribution in [2.45, 2.75) is 11.3 Å². The zero-order valence-corrected chi connectivity index (χ0v) is 12.4. The van der Waals surface area contributed by atoms with Crippen LogP contribution in [-0.2, 0) is 16.3 Å². The monoisotopic (exact) mass is 308 g/mol. The third kappa shape index (κ3) is 3.68. The minimum Gasteiger partial charge on any atom is -0.294 e. The summed E-state index contributed by atoms with van der Waals surface area (Å²) in [6, 6.07) is 13.1. The molecule has 0 saturated heterocycles. The summed E-state index contributed by atoms with van der Waals surface area (Å²) in [4.78, 5) is 12.3. The molecule has 0 spiro atoms. The van der Waals surface area contributed by atoms with Crippen molar-refractivity contribution in [1.82, 2.24) is 0 Å². The molecule has 0 aliphatic rings. The first kappa shape index (κ1) is 14.8. The molecule has 2 rings (SSSR count). The Morgan fingerprint density at radius 3 is 2.30 bits per heavy atom. The van der Waals surface area contributed by atoms with Crippen LogP contribution in [0.1, 0.15) is 15.9 Å². The highest BCUT2D eigenvalue weighted by atomic mass is 35.5. The number of ketones is 1. The summed E-state index contributed by atoms with van der Waals surface area (Å²) >= 11 is 5.87. The van der Waals surface area contributed by atoms with Crippen molar-refractivity contribution in [3.63, 3.8) is 0 Å². The average molecular weight is 309 g/mol. The van der Waals surface area contributed by atoms with Crippen LogP contribution in [-0.4, -0.2) is 20.5 Å². The Morgan fingerprint density at radius 1 is 1.10 bits per heavy atom. The maximum Gasteiger partial charge on any atom is 0.175 e. The van der Waals surface area contributed by atoms with Crippen molar-refractivity contribution in [3.05, 3.63) is 64.7 Å². The van der Waals surface area contributed by atoms with Gasteiger partial charge in [-0.2, -0.15) is 0 Å². The molecule has 0 amide bonds. The van der Waals surface area contributed by atoms with Gasteiger partial charge in [0.05, 0.1) is 4.90 Å². The van der Waals surface area contributed by atoms with Crippen LogP contribution in [0.4, 0.5) is 0 Å². The molecule has 0 unspecified atom stereocenters. The van der Waals surface area contributed by atoms with Gasteiger partial charge in [0.1, 0.15) is 0 Å². The summed E-state index contributed by atoms with van der Waals surface area (Å²) in [6.07, 6.45) is 1.37. The van der Waals surface area contributed by atoms with Crippen LogP contribution in [0.2, 0.25) is 5.02 Å². The summed E-state index contributed by atoms with van der Waals surface area (Å²) in [5.41, 5.74) is 1.31. The van der Waals surface area contributed by atoms with Crippen LogP contribution in [0, 0.1) is 0 Å². The predicted molar refractivity (Wildman–Crippen MR) is 79.0 cm³/mol. The van der Waals surface area contributed by atoms with Gasteiger partial charge in [0.15, 0.2) is 15.6 Å². The molecule has 0 radical (unpaired) electrons. The number of hydrogen-bond acceptors (Lipinski definition) is 3. The average Bonchev–Trinajstić information content (AvgIpc) is 2.38. The zero-order chi connectivity index (χ0) is 14.8. The van der Waals surface area contributed by atoms with Crippen LogP contribution < -0.4 is 0 Å². The number of sulfone groups is 1. The van der Waals surface area contributed by atoms with E-state index in [2.05, 4.69) is 0 Å². The molecule has 0 bridgehead atoms. The van der Waals surface area contributed by atoms with Gasteiger partial charge < -0.3 is 0 Å². The zero-order valence-electron chi connectivity index (χ0n) is 10.8. The lowest BCUT2D eigenvalue weighted by molar-refractivity contribution is 0.0993. The Labute approximate surface area is 123 Å². The Balaban J connectivity index is 2.18. The Hall–Kier alpha value is -1.65. The molecule has 0 atom stereocenters. The van der Waals surface area contributed by atoms with E-state index in [9.17, 15) is 13.2 Å². The number of hydrogen-bond donors (Lipinski definition) is 0. The van der Waals surface area contributed by atoms with Crippen molar-refractivity contribution in [2.75, 3.05) is 6.26 Å². The Bertz CT molecular complexity index is 734. The van der Waals surface area contributed by atoms with Gasteiger partial charge in [0.25, 0.3) is 0 Å². The number of Topliss-reactive ketones (excluding diaryl/α,β-unsaturated/α-hetero) is 1. The lowest BCUT2D eigenvalue weighted by Gasteiger charge is -2.03. The number of carbonyl (C=O) groups is 1. The van der Waals surface area contributed by atoms with Gasteiger partial charge in [0.2, 0.25) is 0 Å². The van der Waals surface area contributed by atoms with Crippen LogP contribution in [0.25, 0.3) is 0 Å². The minimum atomic E-state index is -3.24. The lowest BCUT2D eigenvalue weighted by atomic mass is 10.0. The molecular formula is C15H13ClO3S. The first-order valence-corrected chi connectivity index (χ1v) is 8.21. The minimum absolute atomic E-state index is 0.0766. The van der Waals surface area contributed by atoms with Gasteiger partial charge in [-0.25, -0.2) is 8.42 Å². The summed E-state index contributed by atoms with van der Waals surface area (Å²) < 4.78 is 22.7. The fourth-order valence-corrected chi connectivity index (χ4v) is 2.67. The van der Waals surface area contributed by atoms with E-state index in [0.717, 1.165) is 11.8 Å². The molecule has 0 aliphatic heterocycles. The Morgan fingerprint density at radius 2 is 1.75 bits per heavy atom. The highest BCUT2D eigenvalue weighted by Gasteiger charge is 2.10. The van der Waals surface area contributed by atoms with E-state index < -0.39 is 9.84 Å². The highest BCUT2D eigenvalue weighted by molar-refractivity contribution is 7.90. The van der Waals surface area contributed by atoms with Gasteiger partial charge in [-0.15, -0.1) is 0 Å². The molecule has 5 heteroatoms. The largest absolute Gasteiger partial charge is 0.294 e. The first-order chi connectivity index (χ1) is 9.36. The fourth-order valence-electron chi connectivity index (χ4n) is 1.82. The highest BCUT2D eigenvalue weighted by Crippen LogP contribution is 2.15. The molecule has 3 nitrogen and oxygen atoms in total. The van der Waals surface area contributed by atoms with E-state index in [1.54, 1.807) is 18.2 Å². The molecule has 0 fully saturated rings. The number of halogens is 1. The third-order valence-electron chi connectivity index (χ3n) is 2.86. The fraction of sp³-hybridized carbons (Fsp3) is 0.133. The van der Waals surface area contributed by atoms with E-state index in [1.807, 2.05) is 6.07 Å². The molecule has 0 heterocycles. The third-order valence-corrected chi connectivity index (χ3v) is 4.22. The molecule has 0 N–H and O–H groups in total. The molecule has 2 aromatic rings. The SMILES string of the molecule is CS(=O)(=O)c1ccc(C(=O)Cc2cccc(Cl)c2)cc1. The van der Waals surface area contributed by atoms with Gasteiger partial charge in [-0.1, -0.05) is 35.9 Å². The number of benzene rings is 2. The van der Waals surface area contributed by atoms with Gasteiger partial charge in [-0.3, -0.25) is 4.79 Å². The summed E-state index contributed by atoms with van der Waals surface area (Å²) in [7, 11) is -3.24. The summed E-state index contributed by atoms with van der Waals surface area (Å²) in [5.74, 6) is -0.0766. The van der Waals surface area contributed by atoms with Crippen molar-refractivity contribution in [2.24, 2.45) is 0 Å². The van der Waals surface area contributed by atoms with E-state index in [0.29, 0.717) is 10.6 Å². The Kier molecular flexibility index (Phi) is 4.26. The van der Waals surface area contributed by atoms with Gasteiger partial charge >= 0.3 is 0 Å². The van der Waals surface area contributed by atoms with E-state index in [4.69, 9.17) is 11.6 Å². The molecule has 0 aliphatic carbocycles. The lowest BCUT2D eigenvalue weighted by Crippen LogP contribution is -2.04. The van der Waals surface area contributed by atoms with E-state index >= 15 is 0 Å². The van der Waals surface area contributed by atoms with E-state index in [1.165, 1.54) is 24.3 Å². The summed E-state index contributed by atoms with van der Waals surface area (Å²) in [5, 5.41) is 0.586. The topological polar surface area (TPSA) is 51.2 Å². The molecular weight excluding hydrogens is 296 g/mol. The van der Waals surface area contributed by atoms with Gasteiger partial charge in [-0.05, 0) is 29.8 Å².